The number of hydrogen-bond acceptors (Lipinski definition) is 3. The second-order valence-corrected chi connectivity index (χ2v) is 11.4. The molecule has 0 aromatic rings. The van der Waals surface area contributed by atoms with E-state index in [2.05, 4.69) is 20.8 Å². The van der Waals surface area contributed by atoms with Crippen molar-refractivity contribution in [2.45, 2.75) is 206 Å². The summed E-state index contributed by atoms with van der Waals surface area (Å²) < 4.78 is 5.96. The van der Waals surface area contributed by atoms with Crippen LogP contribution in [0, 0.1) is 0 Å². The quantitative estimate of drug-likeness (QED) is 0.0803. The van der Waals surface area contributed by atoms with Gasteiger partial charge in [-0.05, 0) is 44.9 Å². The van der Waals surface area contributed by atoms with E-state index in [0.29, 0.717) is 6.42 Å². The predicted octanol–water partition coefficient (Wildman–Crippen LogP) is 10.9. The summed E-state index contributed by atoms with van der Waals surface area (Å²) in [5.41, 5.74) is 0. The van der Waals surface area contributed by atoms with Gasteiger partial charge in [-0.15, -0.1) is 0 Å². The molecule has 1 atom stereocenters. The number of carbonyl (C=O) groups excluding carboxylic acids is 1. The van der Waals surface area contributed by atoms with Crippen LogP contribution in [-0.4, -0.2) is 23.3 Å². The molecule has 0 radical (unpaired) electrons. The zero-order chi connectivity index (χ0) is 26.5. The predicted molar refractivity (Wildman–Crippen MR) is 158 cm³/mol. The lowest BCUT2D eigenvalue weighted by molar-refractivity contribution is -0.150. The molecule has 0 spiro atoms. The maximum atomic E-state index is 12.5. The molecule has 0 aromatic heterocycles. The molecular formula is C33H66O3. The monoisotopic (exact) mass is 511 g/mol. The van der Waals surface area contributed by atoms with Crippen LogP contribution in [0.5, 0.6) is 0 Å². The van der Waals surface area contributed by atoms with Gasteiger partial charge in [0.1, 0.15) is 6.10 Å². The molecule has 0 saturated carbocycles. The molecular weight excluding hydrogens is 444 g/mol. The Balaban J connectivity index is 3.92. The lowest BCUT2D eigenvalue weighted by Crippen LogP contribution is -2.18. The van der Waals surface area contributed by atoms with Gasteiger partial charge in [-0.1, -0.05) is 143 Å². The normalized spacial score (nSPS) is 12.4. The molecule has 0 saturated heterocycles. The van der Waals surface area contributed by atoms with Crippen molar-refractivity contribution in [2.75, 3.05) is 0 Å². The van der Waals surface area contributed by atoms with E-state index in [-0.39, 0.29) is 18.2 Å². The molecule has 0 amide bonds. The Morgan fingerprint density at radius 2 is 0.833 bits per heavy atom. The number of rotatable bonds is 29. The van der Waals surface area contributed by atoms with Crippen molar-refractivity contribution in [3.63, 3.8) is 0 Å². The maximum Gasteiger partial charge on any atom is 0.306 e. The summed E-state index contributed by atoms with van der Waals surface area (Å²) in [6, 6.07) is 0. The van der Waals surface area contributed by atoms with Gasteiger partial charge in [0.15, 0.2) is 0 Å². The molecule has 216 valence electrons. The van der Waals surface area contributed by atoms with Crippen molar-refractivity contribution < 1.29 is 14.6 Å². The van der Waals surface area contributed by atoms with Crippen LogP contribution in [0.15, 0.2) is 0 Å². The third kappa shape index (κ3) is 26.5. The van der Waals surface area contributed by atoms with E-state index in [0.717, 1.165) is 51.4 Å². The SMILES string of the molecule is CCCCCCCCC(CCCCCCCC)OC(=O)CCCCCCCC(O)CCCCCCC. The molecule has 0 fully saturated rings. The van der Waals surface area contributed by atoms with E-state index in [4.69, 9.17) is 4.74 Å². The van der Waals surface area contributed by atoms with Crippen molar-refractivity contribution >= 4 is 5.97 Å². The average molecular weight is 511 g/mol. The summed E-state index contributed by atoms with van der Waals surface area (Å²) >= 11 is 0. The van der Waals surface area contributed by atoms with Crippen LogP contribution in [0.25, 0.3) is 0 Å². The molecule has 0 bridgehead atoms. The average Bonchev–Trinajstić information content (AvgIpc) is 2.87. The van der Waals surface area contributed by atoms with E-state index in [1.54, 1.807) is 0 Å². The first kappa shape index (κ1) is 35.4. The minimum atomic E-state index is -0.114. The van der Waals surface area contributed by atoms with E-state index in [1.165, 1.54) is 116 Å². The number of aliphatic hydroxyl groups excluding tert-OH is 1. The Labute approximate surface area is 226 Å². The summed E-state index contributed by atoms with van der Waals surface area (Å²) in [4.78, 5) is 12.5. The Bertz CT molecular complexity index is 421. The van der Waals surface area contributed by atoms with Crippen molar-refractivity contribution in [3.05, 3.63) is 0 Å². The molecule has 0 aliphatic rings. The highest BCUT2D eigenvalue weighted by molar-refractivity contribution is 5.69. The molecule has 0 rings (SSSR count). The van der Waals surface area contributed by atoms with Gasteiger partial charge in [-0.3, -0.25) is 4.79 Å². The molecule has 36 heavy (non-hydrogen) atoms. The summed E-state index contributed by atoms with van der Waals surface area (Å²) in [6.07, 6.45) is 32.0. The fourth-order valence-electron chi connectivity index (χ4n) is 5.12. The van der Waals surface area contributed by atoms with Gasteiger partial charge in [-0.25, -0.2) is 0 Å². The van der Waals surface area contributed by atoms with Crippen LogP contribution in [0.1, 0.15) is 194 Å². The lowest BCUT2D eigenvalue weighted by atomic mass is 10.0. The minimum Gasteiger partial charge on any atom is -0.462 e. The summed E-state index contributed by atoms with van der Waals surface area (Å²) in [7, 11) is 0. The van der Waals surface area contributed by atoms with Gasteiger partial charge >= 0.3 is 5.97 Å². The third-order valence-electron chi connectivity index (χ3n) is 7.62. The van der Waals surface area contributed by atoms with Crippen LogP contribution >= 0.6 is 0 Å². The van der Waals surface area contributed by atoms with E-state index >= 15 is 0 Å². The van der Waals surface area contributed by atoms with Crippen molar-refractivity contribution in [2.24, 2.45) is 0 Å². The number of carbonyl (C=O) groups is 1. The fourth-order valence-corrected chi connectivity index (χ4v) is 5.12. The number of aliphatic hydroxyl groups is 1. The Morgan fingerprint density at radius 3 is 1.25 bits per heavy atom. The first-order valence-electron chi connectivity index (χ1n) is 16.5. The molecule has 3 heteroatoms. The topological polar surface area (TPSA) is 46.5 Å². The number of ether oxygens (including phenoxy) is 1. The largest absolute Gasteiger partial charge is 0.462 e. The Hall–Kier alpha value is -0.570. The molecule has 3 nitrogen and oxygen atoms in total. The molecule has 1 unspecified atom stereocenters. The molecule has 0 heterocycles. The molecule has 0 aliphatic heterocycles. The van der Waals surface area contributed by atoms with Crippen LogP contribution in [0.3, 0.4) is 0 Å². The zero-order valence-corrected chi connectivity index (χ0v) is 25.0. The van der Waals surface area contributed by atoms with E-state index in [9.17, 15) is 9.90 Å². The van der Waals surface area contributed by atoms with Crippen LogP contribution in [0.2, 0.25) is 0 Å². The minimum absolute atomic E-state index is 0.0236. The number of esters is 1. The van der Waals surface area contributed by atoms with Gasteiger partial charge in [0.2, 0.25) is 0 Å². The first-order valence-corrected chi connectivity index (χ1v) is 16.5. The highest BCUT2D eigenvalue weighted by Crippen LogP contribution is 2.18. The van der Waals surface area contributed by atoms with Gasteiger partial charge in [0.25, 0.3) is 0 Å². The second kappa shape index (κ2) is 29.0. The molecule has 0 aliphatic carbocycles. The first-order chi connectivity index (χ1) is 17.6. The van der Waals surface area contributed by atoms with Crippen LogP contribution in [0.4, 0.5) is 0 Å². The van der Waals surface area contributed by atoms with Gasteiger partial charge < -0.3 is 9.84 Å². The van der Waals surface area contributed by atoms with Gasteiger partial charge in [0, 0.05) is 6.42 Å². The smallest absolute Gasteiger partial charge is 0.306 e. The Morgan fingerprint density at radius 1 is 0.500 bits per heavy atom. The van der Waals surface area contributed by atoms with Crippen molar-refractivity contribution in [3.8, 4) is 0 Å². The van der Waals surface area contributed by atoms with E-state index < -0.39 is 0 Å². The highest BCUT2D eigenvalue weighted by atomic mass is 16.5. The third-order valence-corrected chi connectivity index (χ3v) is 7.62. The molecule has 0 aromatic carbocycles. The van der Waals surface area contributed by atoms with Crippen molar-refractivity contribution in [1.82, 2.24) is 0 Å². The maximum absolute atomic E-state index is 12.5. The highest BCUT2D eigenvalue weighted by Gasteiger charge is 2.14. The van der Waals surface area contributed by atoms with E-state index in [1.807, 2.05) is 0 Å². The Kier molecular flexibility index (Phi) is 28.5. The van der Waals surface area contributed by atoms with Crippen molar-refractivity contribution in [1.29, 1.82) is 0 Å². The zero-order valence-electron chi connectivity index (χ0n) is 25.0. The van der Waals surface area contributed by atoms with Crippen LogP contribution in [-0.2, 0) is 9.53 Å². The van der Waals surface area contributed by atoms with Gasteiger partial charge in [0.05, 0.1) is 6.10 Å². The number of hydrogen-bond donors (Lipinski definition) is 1. The van der Waals surface area contributed by atoms with Crippen LogP contribution < -0.4 is 0 Å². The van der Waals surface area contributed by atoms with Gasteiger partial charge in [-0.2, -0.15) is 0 Å². The summed E-state index contributed by atoms with van der Waals surface area (Å²) in [5.74, 6) is 0.0236. The summed E-state index contributed by atoms with van der Waals surface area (Å²) in [5, 5.41) is 10.1. The lowest BCUT2D eigenvalue weighted by Gasteiger charge is -2.18. The summed E-state index contributed by atoms with van der Waals surface area (Å²) in [6.45, 7) is 6.76. The fraction of sp³-hybridized carbons (Fsp3) is 0.970. The number of unbranched alkanes of at least 4 members (excludes halogenated alkanes) is 18. The second-order valence-electron chi connectivity index (χ2n) is 11.4. The standard InChI is InChI=1S/C33H66O3/c1-4-7-10-13-18-23-28-32(29-24-19-14-11-8-5-2)36-33(35)30-25-20-15-17-22-27-31(34)26-21-16-12-9-6-3/h31-32,34H,4-30H2,1-3H3. The molecule has 1 N–H and O–H groups in total.